The Labute approximate surface area is 120 Å². The number of hydrazine groups is 1. The number of hydrogen-bond acceptors (Lipinski definition) is 4. The number of nitrogens with one attached hydrogen (secondary N) is 1. The summed E-state index contributed by atoms with van der Waals surface area (Å²) >= 11 is 6.09. The van der Waals surface area contributed by atoms with Crippen LogP contribution in [-0.2, 0) is 4.74 Å². The molecule has 0 radical (unpaired) electrons. The van der Waals surface area contributed by atoms with E-state index >= 15 is 0 Å². The minimum absolute atomic E-state index is 0.193. The molecule has 1 atom stereocenters. The average Bonchev–Trinajstić information content (AvgIpc) is 2.45. The molecule has 0 heterocycles. The summed E-state index contributed by atoms with van der Waals surface area (Å²) in [6.07, 6.45) is 1.65. The van der Waals surface area contributed by atoms with Crippen LogP contribution in [0.2, 0.25) is 5.02 Å². The van der Waals surface area contributed by atoms with Crippen LogP contribution in [0.25, 0.3) is 0 Å². The van der Waals surface area contributed by atoms with E-state index < -0.39 is 5.60 Å². The third kappa shape index (κ3) is 3.20. The van der Waals surface area contributed by atoms with Crippen molar-refractivity contribution in [1.82, 2.24) is 5.43 Å². The first-order valence-corrected chi connectivity index (χ1v) is 6.81. The molecule has 0 saturated heterocycles. The maximum absolute atomic E-state index is 6.09. The van der Waals surface area contributed by atoms with Crippen LogP contribution in [0.4, 0.5) is 0 Å². The van der Waals surface area contributed by atoms with Gasteiger partial charge in [-0.3, -0.25) is 5.84 Å². The Bertz CT molecular complexity index is 400. The van der Waals surface area contributed by atoms with Crippen molar-refractivity contribution in [2.45, 2.75) is 38.3 Å². The van der Waals surface area contributed by atoms with Gasteiger partial charge in [-0.25, -0.2) is 5.43 Å². The molecule has 4 nitrogen and oxygen atoms in total. The van der Waals surface area contributed by atoms with Crippen LogP contribution in [0, 0.1) is 0 Å². The summed E-state index contributed by atoms with van der Waals surface area (Å²) in [4.78, 5) is 0. The van der Waals surface area contributed by atoms with Crippen molar-refractivity contribution in [2.24, 2.45) is 5.84 Å². The number of ether oxygens (including phenoxy) is 2. The zero-order chi connectivity index (χ0) is 14.5. The van der Waals surface area contributed by atoms with Gasteiger partial charge in [0.15, 0.2) is 0 Å². The summed E-state index contributed by atoms with van der Waals surface area (Å²) < 4.78 is 11.1. The standard InChI is InChI=1S/C14H23ClN2O2/c1-5-14(6-2,19-4)13(17-16)11-9-10(15)7-8-12(11)18-3/h7-9,13,17H,5-6,16H2,1-4H3. The molecule has 0 aliphatic heterocycles. The van der Waals surface area contributed by atoms with E-state index in [0.29, 0.717) is 5.02 Å². The van der Waals surface area contributed by atoms with E-state index in [1.807, 2.05) is 12.1 Å². The summed E-state index contributed by atoms with van der Waals surface area (Å²) in [5.74, 6) is 6.51. The number of halogens is 1. The van der Waals surface area contributed by atoms with Gasteiger partial charge in [0.05, 0.1) is 18.8 Å². The Morgan fingerprint density at radius 2 is 1.95 bits per heavy atom. The van der Waals surface area contributed by atoms with Gasteiger partial charge in [-0.2, -0.15) is 0 Å². The predicted molar refractivity (Wildman–Crippen MR) is 78.4 cm³/mol. The Balaban J connectivity index is 3.33. The van der Waals surface area contributed by atoms with Crippen LogP contribution in [0.1, 0.15) is 38.3 Å². The van der Waals surface area contributed by atoms with Crippen molar-refractivity contribution in [3.63, 3.8) is 0 Å². The van der Waals surface area contributed by atoms with Crippen LogP contribution in [0.3, 0.4) is 0 Å². The number of rotatable bonds is 7. The van der Waals surface area contributed by atoms with E-state index in [0.717, 1.165) is 24.2 Å². The topological polar surface area (TPSA) is 56.5 Å². The van der Waals surface area contributed by atoms with E-state index in [2.05, 4.69) is 19.3 Å². The van der Waals surface area contributed by atoms with Crippen molar-refractivity contribution >= 4 is 11.6 Å². The highest BCUT2D eigenvalue weighted by molar-refractivity contribution is 6.30. The minimum Gasteiger partial charge on any atom is -0.496 e. The highest BCUT2D eigenvalue weighted by Crippen LogP contribution is 2.39. The highest BCUT2D eigenvalue weighted by Gasteiger charge is 2.38. The SMILES string of the molecule is CCC(CC)(OC)C(NN)c1cc(Cl)ccc1OC. The molecule has 0 aliphatic carbocycles. The molecule has 1 rings (SSSR count). The molecule has 0 bridgehead atoms. The summed E-state index contributed by atoms with van der Waals surface area (Å²) in [6.45, 7) is 4.16. The van der Waals surface area contributed by atoms with E-state index in [9.17, 15) is 0 Å². The second kappa shape index (κ2) is 7.10. The lowest BCUT2D eigenvalue weighted by Crippen LogP contribution is -2.47. The van der Waals surface area contributed by atoms with Crippen molar-refractivity contribution in [1.29, 1.82) is 0 Å². The predicted octanol–water partition coefficient (Wildman–Crippen LogP) is 3.06. The highest BCUT2D eigenvalue weighted by atomic mass is 35.5. The third-order valence-corrected chi connectivity index (χ3v) is 4.03. The fourth-order valence-electron chi connectivity index (χ4n) is 2.52. The van der Waals surface area contributed by atoms with E-state index in [4.69, 9.17) is 26.9 Å². The lowest BCUT2D eigenvalue weighted by atomic mass is 9.84. The van der Waals surface area contributed by atoms with Crippen LogP contribution >= 0.6 is 11.6 Å². The molecule has 3 N–H and O–H groups in total. The monoisotopic (exact) mass is 286 g/mol. The molecule has 1 aromatic carbocycles. The van der Waals surface area contributed by atoms with Crippen LogP contribution in [-0.4, -0.2) is 19.8 Å². The largest absolute Gasteiger partial charge is 0.496 e. The minimum atomic E-state index is -0.396. The van der Waals surface area contributed by atoms with Gasteiger partial charge in [-0.05, 0) is 31.0 Å². The van der Waals surface area contributed by atoms with Gasteiger partial charge < -0.3 is 9.47 Å². The first-order chi connectivity index (χ1) is 9.08. The molecule has 5 heteroatoms. The number of hydrogen-bond donors (Lipinski definition) is 2. The zero-order valence-electron chi connectivity index (χ0n) is 12.0. The Hall–Kier alpha value is -0.810. The maximum atomic E-state index is 6.09. The van der Waals surface area contributed by atoms with Crippen LogP contribution in [0.5, 0.6) is 5.75 Å². The van der Waals surface area contributed by atoms with Crippen molar-refractivity contribution < 1.29 is 9.47 Å². The van der Waals surface area contributed by atoms with Gasteiger partial charge in [0, 0.05) is 17.7 Å². The Kier molecular flexibility index (Phi) is 6.07. The van der Waals surface area contributed by atoms with E-state index in [1.54, 1.807) is 20.3 Å². The summed E-state index contributed by atoms with van der Waals surface area (Å²) in [6, 6.07) is 5.31. The van der Waals surface area contributed by atoms with Gasteiger partial charge in [0.2, 0.25) is 0 Å². The van der Waals surface area contributed by atoms with Gasteiger partial charge in [0.25, 0.3) is 0 Å². The van der Waals surface area contributed by atoms with Crippen LogP contribution in [0.15, 0.2) is 18.2 Å². The molecule has 1 aromatic rings. The lowest BCUT2D eigenvalue weighted by Gasteiger charge is -2.38. The third-order valence-electron chi connectivity index (χ3n) is 3.80. The maximum Gasteiger partial charge on any atom is 0.123 e. The fraction of sp³-hybridized carbons (Fsp3) is 0.571. The molecular weight excluding hydrogens is 264 g/mol. The first kappa shape index (κ1) is 16.2. The molecule has 0 saturated carbocycles. The summed E-state index contributed by atoms with van der Waals surface area (Å²) in [5, 5.41) is 0.647. The summed E-state index contributed by atoms with van der Waals surface area (Å²) in [5.41, 5.74) is 3.36. The number of nitrogens with two attached hydrogens (primary N) is 1. The van der Waals surface area contributed by atoms with Crippen molar-refractivity contribution in [3.05, 3.63) is 28.8 Å². The number of methoxy groups -OCH3 is 2. The molecule has 0 aliphatic rings. The second-order valence-corrected chi connectivity index (χ2v) is 4.90. The average molecular weight is 287 g/mol. The quantitative estimate of drug-likeness (QED) is 0.597. The molecule has 0 spiro atoms. The smallest absolute Gasteiger partial charge is 0.123 e. The van der Waals surface area contributed by atoms with Gasteiger partial charge in [-0.1, -0.05) is 25.4 Å². The Morgan fingerprint density at radius 3 is 2.37 bits per heavy atom. The molecule has 0 aromatic heterocycles. The van der Waals surface area contributed by atoms with E-state index in [1.165, 1.54) is 0 Å². The van der Waals surface area contributed by atoms with Crippen LogP contribution < -0.4 is 16.0 Å². The second-order valence-electron chi connectivity index (χ2n) is 4.46. The zero-order valence-corrected chi connectivity index (χ0v) is 12.8. The Morgan fingerprint density at radius 1 is 1.32 bits per heavy atom. The normalized spacial score (nSPS) is 13.4. The van der Waals surface area contributed by atoms with Gasteiger partial charge >= 0.3 is 0 Å². The summed E-state index contributed by atoms with van der Waals surface area (Å²) in [7, 11) is 3.33. The van der Waals surface area contributed by atoms with Gasteiger partial charge in [-0.15, -0.1) is 0 Å². The fourth-order valence-corrected chi connectivity index (χ4v) is 2.70. The molecule has 108 valence electrons. The molecular formula is C14H23ClN2O2. The molecule has 0 fully saturated rings. The van der Waals surface area contributed by atoms with Crippen molar-refractivity contribution in [3.8, 4) is 5.75 Å². The molecule has 19 heavy (non-hydrogen) atoms. The van der Waals surface area contributed by atoms with Crippen molar-refractivity contribution in [2.75, 3.05) is 14.2 Å². The first-order valence-electron chi connectivity index (χ1n) is 6.43. The van der Waals surface area contributed by atoms with E-state index in [-0.39, 0.29) is 6.04 Å². The lowest BCUT2D eigenvalue weighted by molar-refractivity contribution is -0.0491. The molecule has 0 amide bonds. The van der Waals surface area contributed by atoms with Gasteiger partial charge in [0.1, 0.15) is 5.75 Å². The molecule has 1 unspecified atom stereocenters. The number of benzene rings is 1.